The van der Waals surface area contributed by atoms with Crippen LogP contribution in [0.25, 0.3) is 0 Å². The van der Waals surface area contributed by atoms with Gasteiger partial charge in [0, 0.05) is 41.3 Å². The van der Waals surface area contributed by atoms with Gasteiger partial charge in [0.2, 0.25) is 5.91 Å². The van der Waals surface area contributed by atoms with E-state index in [1.54, 1.807) is 0 Å². The Bertz CT molecular complexity index is 208. The summed E-state index contributed by atoms with van der Waals surface area (Å²) in [6, 6.07) is 0.158. The highest BCUT2D eigenvalue weighted by Crippen LogP contribution is 1.97. The van der Waals surface area contributed by atoms with Crippen molar-refractivity contribution in [3.63, 3.8) is 0 Å². The zero-order valence-corrected chi connectivity index (χ0v) is 10.4. The van der Waals surface area contributed by atoms with Crippen molar-refractivity contribution in [1.29, 1.82) is 0 Å². The number of nitrogens with two attached hydrogens (primary N) is 1. The molecule has 0 saturated heterocycles. The molecule has 3 N–H and O–H groups in total. The van der Waals surface area contributed by atoms with E-state index < -0.39 is 10.8 Å². The summed E-state index contributed by atoms with van der Waals surface area (Å²) in [5, 5.41) is 2.75. The Kier molecular flexibility index (Phi) is 8.61. The van der Waals surface area contributed by atoms with Gasteiger partial charge in [0.25, 0.3) is 0 Å². The highest BCUT2D eigenvalue weighted by Gasteiger charge is 2.02. The largest absolute Gasteiger partial charge is 0.355 e. The molecular weight excluding hydrogens is 212 g/mol. The van der Waals surface area contributed by atoms with Gasteiger partial charge in [0.15, 0.2) is 0 Å². The minimum atomic E-state index is -0.791. The van der Waals surface area contributed by atoms with E-state index in [-0.39, 0.29) is 11.9 Å². The average molecular weight is 234 g/mol. The van der Waals surface area contributed by atoms with Gasteiger partial charge in [0.1, 0.15) is 0 Å². The Morgan fingerprint density at radius 2 is 2.20 bits per heavy atom. The predicted octanol–water partition coefficient (Wildman–Crippen LogP) is 0.389. The van der Waals surface area contributed by atoms with Gasteiger partial charge in [0.05, 0.1) is 0 Å². The first-order valence-electron chi connectivity index (χ1n) is 5.43. The summed E-state index contributed by atoms with van der Waals surface area (Å²) in [6.45, 7) is 4.32. The molecule has 0 radical (unpaired) electrons. The second-order valence-electron chi connectivity index (χ2n) is 3.65. The molecule has 15 heavy (non-hydrogen) atoms. The van der Waals surface area contributed by atoms with Crippen molar-refractivity contribution in [2.24, 2.45) is 5.73 Å². The minimum Gasteiger partial charge on any atom is -0.355 e. The number of amides is 1. The molecule has 0 spiro atoms. The molecule has 0 saturated carbocycles. The average Bonchev–Trinajstić information content (AvgIpc) is 2.17. The summed E-state index contributed by atoms with van der Waals surface area (Å²) in [4.78, 5) is 11.2. The quantitative estimate of drug-likeness (QED) is 0.638. The Hall–Kier alpha value is -0.420. The van der Waals surface area contributed by atoms with Crippen molar-refractivity contribution in [3.05, 3.63) is 0 Å². The number of carbonyl (C=O) groups is 1. The predicted molar refractivity (Wildman–Crippen MR) is 64.1 cm³/mol. The summed E-state index contributed by atoms with van der Waals surface area (Å²) in [5.41, 5.74) is 5.56. The molecular formula is C10H22N2O2S. The van der Waals surface area contributed by atoms with E-state index in [1.807, 2.05) is 13.8 Å². The SMILES string of the molecule is CCS(=O)CCNC(=O)CCCC(C)N. The van der Waals surface area contributed by atoms with Crippen molar-refractivity contribution in [2.45, 2.75) is 39.2 Å². The zero-order valence-electron chi connectivity index (χ0n) is 9.62. The molecule has 4 nitrogen and oxygen atoms in total. The first-order valence-corrected chi connectivity index (χ1v) is 6.92. The molecule has 0 aromatic heterocycles. The lowest BCUT2D eigenvalue weighted by molar-refractivity contribution is -0.121. The van der Waals surface area contributed by atoms with Crippen molar-refractivity contribution in [3.8, 4) is 0 Å². The third-order valence-electron chi connectivity index (χ3n) is 2.04. The minimum absolute atomic E-state index is 0.0313. The number of rotatable bonds is 8. The van der Waals surface area contributed by atoms with E-state index in [0.717, 1.165) is 12.8 Å². The van der Waals surface area contributed by atoms with Crippen molar-refractivity contribution < 1.29 is 9.00 Å². The van der Waals surface area contributed by atoms with Gasteiger partial charge in [-0.3, -0.25) is 9.00 Å². The fourth-order valence-electron chi connectivity index (χ4n) is 1.12. The van der Waals surface area contributed by atoms with E-state index in [4.69, 9.17) is 5.73 Å². The smallest absolute Gasteiger partial charge is 0.220 e. The van der Waals surface area contributed by atoms with Crippen LogP contribution in [-0.4, -0.2) is 34.2 Å². The van der Waals surface area contributed by atoms with Gasteiger partial charge in [-0.1, -0.05) is 6.92 Å². The molecule has 1 amide bonds. The number of nitrogens with one attached hydrogen (secondary N) is 1. The molecule has 90 valence electrons. The Labute approximate surface area is 94.4 Å². The summed E-state index contributed by atoms with van der Waals surface area (Å²) < 4.78 is 11.0. The fourth-order valence-corrected chi connectivity index (χ4v) is 1.74. The van der Waals surface area contributed by atoms with Crippen LogP contribution in [0.5, 0.6) is 0 Å². The lowest BCUT2D eigenvalue weighted by Crippen LogP contribution is -2.28. The first-order chi connectivity index (χ1) is 7.06. The molecule has 0 aromatic rings. The second kappa shape index (κ2) is 8.85. The standard InChI is InChI=1S/C10H22N2O2S/c1-3-15(14)8-7-12-10(13)6-4-5-9(2)11/h9H,3-8,11H2,1-2H3,(H,12,13). The van der Waals surface area contributed by atoms with E-state index in [2.05, 4.69) is 5.32 Å². The molecule has 2 atom stereocenters. The summed E-state index contributed by atoms with van der Waals surface area (Å²) in [6.07, 6.45) is 2.20. The van der Waals surface area contributed by atoms with Crippen LogP contribution in [0, 0.1) is 0 Å². The van der Waals surface area contributed by atoms with E-state index >= 15 is 0 Å². The van der Waals surface area contributed by atoms with E-state index in [1.165, 1.54) is 0 Å². The Balaban J connectivity index is 3.37. The van der Waals surface area contributed by atoms with Crippen LogP contribution >= 0.6 is 0 Å². The monoisotopic (exact) mass is 234 g/mol. The molecule has 0 fully saturated rings. The van der Waals surface area contributed by atoms with Crippen molar-refractivity contribution in [2.75, 3.05) is 18.1 Å². The lowest BCUT2D eigenvalue weighted by atomic mass is 10.1. The summed E-state index contributed by atoms with van der Waals surface area (Å²) in [7, 11) is -0.791. The molecule has 0 aliphatic carbocycles. The molecule has 5 heteroatoms. The number of hydrogen-bond donors (Lipinski definition) is 2. The third kappa shape index (κ3) is 9.87. The molecule has 0 heterocycles. The van der Waals surface area contributed by atoms with Gasteiger partial charge in [-0.25, -0.2) is 0 Å². The summed E-state index contributed by atoms with van der Waals surface area (Å²) in [5.74, 6) is 1.24. The van der Waals surface area contributed by atoms with E-state index in [9.17, 15) is 9.00 Å². The van der Waals surface area contributed by atoms with Crippen LogP contribution in [0.4, 0.5) is 0 Å². The van der Waals surface area contributed by atoms with Gasteiger partial charge in [-0.15, -0.1) is 0 Å². The van der Waals surface area contributed by atoms with Gasteiger partial charge >= 0.3 is 0 Å². The molecule has 0 aliphatic rings. The van der Waals surface area contributed by atoms with Gasteiger partial charge in [-0.05, 0) is 19.8 Å². The third-order valence-corrected chi connectivity index (χ3v) is 3.34. The molecule has 0 bridgehead atoms. The van der Waals surface area contributed by atoms with Crippen LogP contribution in [0.2, 0.25) is 0 Å². The highest BCUT2D eigenvalue weighted by molar-refractivity contribution is 7.84. The Morgan fingerprint density at radius 3 is 2.73 bits per heavy atom. The molecule has 2 unspecified atom stereocenters. The van der Waals surface area contributed by atoms with Crippen molar-refractivity contribution >= 4 is 16.7 Å². The molecule has 0 aromatic carbocycles. The lowest BCUT2D eigenvalue weighted by Gasteiger charge is -2.06. The molecule has 0 rings (SSSR count). The van der Waals surface area contributed by atoms with Gasteiger partial charge in [-0.2, -0.15) is 0 Å². The normalized spacial score (nSPS) is 14.6. The number of hydrogen-bond acceptors (Lipinski definition) is 3. The Morgan fingerprint density at radius 1 is 1.53 bits per heavy atom. The maximum Gasteiger partial charge on any atom is 0.220 e. The van der Waals surface area contributed by atoms with Crippen LogP contribution < -0.4 is 11.1 Å². The number of carbonyl (C=O) groups excluding carboxylic acids is 1. The first kappa shape index (κ1) is 14.6. The van der Waals surface area contributed by atoms with Crippen LogP contribution in [0.3, 0.4) is 0 Å². The zero-order chi connectivity index (χ0) is 11.7. The second-order valence-corrected chi connectivity index (χ2v) is 5.52. The fraction of sp³-hybridized carbons (Fsp3) is 0.900. The van der Waals surface area contributed by atoms with Crippen molar-refractivity contribution in [1.82, 2.24) is 5.32 Å². The van der Waals surface area contributed by atoms with Crippen LogP contribution in [0.1, 0.15) is 33.1 Å². The van der Waals surface area contributed by atoms with Crippen LogP contribution in [-0.2, 0) is 15.6 Å². The molecule has 0 aliphatic heterocycles. The van der Waals surface area contributed by atoms with E-state index in [0.29, 0.717) is 24.5 Å². The topological polar surface area (TPSA) is 72.2 Å². The highest BCUT2D eigenvalue weighted by atomic mass is 32.2. The maximum atomic E-state index is 11.2. The van der Waals surface area contributed by atoms with Gasteiger partial charge < -0.3 is 11.1 Å². The maximum absolute atomic E-state index is 11.2. The van der Waals surface area contributed by atoms with Crippen LogP contribution in [0.15, 0.2) is 0 Å². The summed E-state index contributed by atoms with van der Waals surface area (Å²) >= 11 is 0.